The van der Waals surface area contributed by atoms with E-state index in [0.717, 1.165) is 23.1 Å². The molecule has 0 amide bonds. The second-order valence-corrected chi connectivity index (χ2v) is 5.49. The van der Waals surface area contributed by atoms with E-state index in [1.165, 1.54) is 0 Å². The topological polar surface area (TPSA) is 32.3 Å². The van der Waals surface area contributed by atoms with E-state index < -0.39 is 6.10 Å². The van der Waals surface area contributed by atoms with Gasteiger partial charge in [-0.2, -0.15) is 5.43 Å². The third-order valence-corrected chi connectivity index (χ3v) is 3.92. The van der Waals surface area contributed by atoms with Gasteiger partial charge in [-0.1, -0.05) is 30.3 Å². The first-order valence-electron chi connectivity index (χ1n) is 6.37. The Balaban J connectivity index is 2.06. The number of hydrogen-bond donors (Lipinski definition) is 2. The summed E-state index contributed by atoms with van der Waals surface area (Å²) in [7, 11) is 2.17. The molecule has 0 aromatic heterocycles. The normalized spacial score (nSPS) is 34.8. The molecule has 0 aliphatic carbocycles. The van der Waals surface area contributed by atoms with Crippen molar-refractivity contribution in [3.63, 3.8) is 0 Å². The van der Waals surface area contributed by atoms with Crippen LogP contribution >= 0.6 is 0 Å². The van der Waals surface area contributed by atoms with E-state index in [-0.39, 0.29) is 0 Å². The summed E-state index contributed by atoms with van der Waals surface area (Å²) in [6.07, 6.45) is 0.763. The van der Waals surface area contributed by atoms with E-state index in [4.69, 9.17) is 0 Å². The Morgan fingerprint density at radius 1 is 1.35 bits per heavy atom. The zero-order chi connectivity index (χ0) is 12.5. The highest BCUT2D eigenvalue weighted by molar-refractivity contribution is 5.17. The van der Waals surface area contributed by atoms with Crippen LogP contribution in [-0.2, 0) is 0 Å². The lowest BCUT2D eigenvalue weighted by atomic mass is 10.1. The summed E-state index contributed by atoms with van der Waals surface area (Å²) in [6, 6.07) is 11.0. The molecule has 17 heavy (non-hydrogen) atoms. The van der Waals surface area contributed by atoms with Gasteiger partial charge in [-0.15, -0.1) is 0 Å². The van der Waals surface area contributed by atoms with E-state index in [1.54, 1.807) is 0 Å². The molecule has 1 fully saturated rings. The molecule has 4 unspecified atom stereocenters. The van der Waals surface area contributed by atoms with Crippen LogP contribution in [0.4, 0.5) is 0 Å². The maximum Gasteiger partial charge on any atom is 0.130 e. The average molecular weight is 235 g/mol. The van der Waals surface area contributed by atoms with Gasteiger partial charge in [0.05, 0.1) is 13.1 Å². The third kappa shape index (κ3) is 2.68. The van der Waals surface area contributed by atoms with Crippen molar-refractivity contribution in [3.8, 4) is 0 Å². The zero-order valence-electron chi connectivity index (χ0n) is 10.9. The molecule has 1 saturated heterocycles. The first-order valence-corrected chi connectivity index (χ1v) is 6.37. The summed E-state index contributed by atoms with van der Waals surface area (Å²) in [5, 5.41) is 10.3. The van der Waals surface area contributed by atoms with Crippen LogP contribution in [0, 0.1) is 0 Å². The smallest absolute Gasteiger partial charge is 0.130 e. The van der Waals surface area contributed by atoms with Gasteiger partial charge < -0.3 is 5.11 Å². The fraction of sp³-hybridized carbons (Fsp3) is 0.571. The van der Waals surface area contributed by atoms with Crippen molar-refractivity contribution in [1.82, 2.24) is 5.43 Å². The Bertz CT molecular complexity index is 368. The van der Waals surface area contributed by atoms with Crippen molar-refractivity contribution in [3.05, 3.63) is 35.9 Å². The lowest BCUT2D eigenvalue weighted by molar-refractivity contribution is -0.964. The minimum Gasteiger partial charge on any atom is -0.382 e. The molecular weight excluding hydrogens is 212 g/mol. The van der Waals surface area contributed by atoms with Gasteiger partial charge in [0.2, 0.25) is 0 Å². The first kappa shape index (κ1) is 12.6. The highest BCUT2D eigenvalue weighted by Gasteiger charge is 2.40. The van der Waals surface area contributed by atoms with Gasteiger partial charge in [-0.05, 0) is 19.4 Å². The fourth-order valence-electron chi connectivity index (χ4n) is 2.80. The molecule has 94 valence electrons. The van der Waals surface area contributed by atoms with Crippen molar-refractivity contribution in [2.45, 2.75) is 38.5 Å². The van der Waals surface area contributed by atoms with Crippen molar-refractivity contribution in [1.29, 1.82) is 0 Å². The number of benzene rings is 1. The molecule has 2 rings (SSSR count). The predicted octanol–water partition coefficient (Wildman–Crippen LogP) is 1.85. The average Bonchev–Trinajstić information content (AvgIpc) is 2.53. The van der Waals surface area contributed by atoms with Gasteiger partial charge in [-0.25, -0.2) is 4.59 Å². The Labute approximate surface area is 104 Å². The van der Waals surface area contributed by atoms with Crippen LogP contribution < -0.4 is 5.43 Å². The molecular formula is C14H23N2O+. The molecule has 1 heterocycles. The van der Waals surface area contributed by atoms with E-state index in [0.29, 0.717) is 12.1 Å². The number of rotatable bonds is 3. The summed E-state index contributed by atoms with van der Waals surface area (Å²) in [5.74, 6) is 0. The largest absolute Gasteiger partial charge is 0.382 e. The maximum absolute atomic E-state index is 10.3. The van der Waals surface area contributed by atoms with Crippen LogP contribution in [0.2, 0.25) is 0 Å². The van der Waals surface area contributed by atoms with Crippen LogP contribution in [-0.4, -0.2) is 35.4 Å². The molecule has 3 heteroatoms. The van der Waals surface area contributed by atoms with E-state index in [1.807, 2.05) is 30.3 Å². The number of nitrogens with one attached hydrogen (secondary N) is 1. The van der Waals surface area contributed by atoms with Crippen molar-refractivity contribution >= 4 is 0 Å². The minimum atomic E-state index is -0.401. The van der Waals surface area contributed by atoms with Crippen LogP contribution in [0.3, 0.4) is 0 Å². The van der Waals surface area contributed by atoms with Gasteiger partial charge in [0.1, 0.15) is 18.7 Å². The van der Waals surface area contributed by atoms with Crippen LogP contribution in [0.15, 0.2) is 30.3 Å². The SMILES string of the molecule is CC1CC(C)[N+](C)(CC(O)c2ccccc2)N1. The van der Waals surface area contributed by atoms with Gasteiger partial charge in [0.25, 0.3) is 0 Å². The molecule has 0 bridgehead atoms. The van der Waals surface area contributed by atoms with Crippen molar-refractivity contribution in [2.75, 3.05) is 13.6 Å². The van der Waals surface area contributed by atoms with Gasteiger partial charge in [0, 0.05) is 6.42 Å². The van der Waals surface area contributed by atoms with Crippen LogP contribution in [0.5, 0.6) is 0 Å². The van der Waals surface area contributed by atoms with E-state index in [9.17, 15) is 5.11 Å². The standard InChI is InChI=1S/C14H23N2O/c1-11-9-12(2)16(3,15-11)10-14(17)13-7-5-4-6-8-13/h4-8,11-12,14-15,17H,9-10H2,1-3H3/q+1. The molecule has 0 spiro atoms. The number of hydrogen-bond acceptors (Lipinski definition) is 2. The molecule has 1 aliphatic rings. The highest BCUT2D eigenvalue weighted by atomic mass is 16.3. The zero-order valence-corrected chi connectivity index (χ0v) is 10.9. The molecule has 0 saturated carbocycles. The molecule has 3 nitrogen and oxygen atoms in total. The summed E-state index contributed by atoms with van der Waals surface area (Å²) < 4.78 is 0.747. The second-order valence-electron chi connectivity index (χ2n) is 5.49. The molecule has 2 N–H and O–H groups in total. The van der Waals surface area contributed by atoms with Crippen molar-refractivity contribution < 1.29 is 9.70 Å². The van der Waals surface area contributed by atoms with Gasteiger partial charge in [0.15, 0.2) is 0 Å². The quantitative estimate of drug-likeness (QED) is 0.784. The Hall–Kier alpha value is -0.900. The minimum absolute atomic E-state index is 0.401. The Morgan fingerprint density at radius 3 is 2.53 bits per heavy atom. The second kappa shape index (κ2) is 4.77. The third-order valence-electron chi connectivity index (χ3n) is 3.92. The van der Waals surface area contributed by atoms with Crippen LogP contribution in [0.25, 0.3) is 0 Å². The van der Waals surface area contributed by atoms with Gasteiger partial charge in [-0.3, -0.25) is 0 Å². The van der Waals surface area contributed by atoms with Crippen molar-refractivity contribution in [2.24, 2.45) is 0 Å². The van der Waals surface area contributed by atoms with Gasteiger partial charge >= 0.3 is 0 Å². The number of aliphatic hydroxyl groups excluding tert-OH is 1. The number of nitrogens with zero attached hydrogens (tertiary/aromatic N) is 1. The Kier molecular flexibility index (Phi) is 3.52. The first-order chi connectivity index (χ1) is 8.01. The number of quaternary nitrogens is 1. The summed E-state index contributed by atoms with van der Waals surface area (Å²) in [4.78, 5) is 0. The summed E-state index contributed by atoms with van der Waals surface area (Å²) >= 11 is 0. The summed E-state index contributed by atoms with van der Waals surface area (Å²) in [6.45, 7) is 5.17. The predicted molar refractivity (Wildman–Crippen MR) is 69.1 cm³/mol. The monoisotopic (exact) mass is 235 g/mol. The number of aliphatic hydroxyl groups is 1. The van der Waals surface area contributed by atoms with E-state index in [2.05, 4.69) is 26.3 Å². The molecule has 4 atom stereocenters. The molecule has 1 aromatic carbocycles. The number of likely N-dealkylation sites (N-methyl/N-ethyl adjacent to an activating group) is 1. The molecule has 1 aromatic rings. The fourth-order valence-corrected chi connectivity index (χ4v) is 2.80. The highest BCUT2D eigenvalue weighted by Crippen LogP contribution is 2.25. The lowest BCUT2D eigenvalue weighted by Gasteiger charge is -2.35. The maximum atomic E-state index is 10.3. The lowest BCUT2D eigenvalue weighted by Crippen LogP contribution is -2.57. The summed E-state index contributed by atoms with van der Waals surface area (Å²) in [5.41, 5.74) is 4.56. The Morgan fingerprint density at radius 2 is 2.00 bits per heavy atom. The van der Waals surface area contributed by atoms with Crippen LogP contribution in [0.1, 0.15) is 31.9 Å². The molecule has 1 aliphatic heterocycles. The van der Waals surface area contributed by atoms with E-state index >= 15 is 0 Å². The molecule has 0 radical (unpaired) electrons.